The Morgan fingerprint density at radius 1 is 1.49 bits per heavy atom. The summed E-state index contributed by atoms with van der Waals surface area (Å²) in [5.74, 6) is 0.284. The van der Waals surface area contributed by atoms with Crippen LogP contribution in [0.1, 0.15) is 40.0 Å². The number of thioether (sulfide) groups is 1. The van der Waals surface area contributed by atoms with Gasteiger partial charge < -0.3 is 25.4 Å². The Labute approximate surface area is 214 Å². The van der Waals surface area contributed by atoms with Gasteiger partial charge in [-0.15, -0.1) is 0 Å². The topological polar surface area (TPSA) is 126 Å². The average molecular weight is 519 g/mol. The highest BCUT2D eigenvalue weighted by Crippen LogP contribution is 2.43. The third-order valence-corrected chi connectivity index (χ3v) is 8.16. The second kappa shape index (κ2) is 10.6. The number of likely N-dealkylation sites (tertiary alicyclic amines) is 1. The second-order valence-corrected chi connectivity index (χ2v) is 10.5. The summed E-state index contributed by atoms with van der Waals surface area (Å²) in [6.45, 7) is 8.42. The van der Waals surface area contributed by atoms with Crippen molar-refractivity contribution in [3.63, 3.8) is 0 Å². The number of piperidine rings is 1. The largest absolute Gasteiger partial charge is 0.461 e. The fourth-order valence-corrected chi connectivity index (χ4v) is 5.73. The van der Waals surface area contributed by atoms with Gasteiger partial charge in [-0.05, 0) is 57.6 Å². The van der Waals surface area contributed by atoms with Gasteiger partial charge in [0, 0.05) is 24.2 Å². The predicted molar refractivity (Wildman–Crippen MR) is 139 cm³/mol. The first-order valence-electron chi connectivity index (χ1n) is 11.7. The minimum absolute atomic E-state index is 0.204. The molecular weight excluding hydrogens is 488 g/mol. The molecule has 0 unspecified atom stereocenters. The molecule has 1 atom stereocenters. The summed E-state index contributed by atoms with van der Waals surface area (Å²) < 4.78 is 10.9. The summed E-state index contributed by atoms with van der Waals surface area (Å²) in [4.78, 5) is 24.0. The monoisotopic (exact) mass is 518 g/mol. The van der Waals surface area contributed by atoms with Gasteiger partial charge >= 0.3 is 5.97 Å². The number of nitrogen functional groups attached to an aromatic ring is 1. The van der Waals surface area contributed by atoms with E-state index < -0.39 is 5.97 Å². The molecule has 9 nitrogen and oxygen atoms in total. The summed E-state index contributed by atoms with van der Waals surface area (Å²) >= 11 is 7.73. The predicted octanol–water partition coefficient (Wildman–Crippen LogP) is 3.96. The molecule has 3 aliphatic rings. The number of aliphatic imine (C=N–C) groups is 1. The van der Waals surface area contributed by atoms with E-state index in [0.717, 1.165) is 54.6 Å². The quantitative estimate of drug-likeness (QED) is 0.395. The lowest BCUT2D eigenvalue weighted by atomic mass is 9.77. The molecule has 1 aromatic heterocycles. The van der Waals surface area contributed by atoms with Crippen LogP contribution in [-0.2, 0) is 14.3 Å². The fourth-order valence-electron chi connectivity index (χ4n) is 4.61. The Hall–Kier alpha value is -2.56. The van der Waals surface area contributed by atoms with E-state index in [-0.39, 0.29) is 23.6 Å². The summed E-state index contributed by atoms with van der Waals surface area (Å²) in [5, 5.41) is 12.7. The summed E-state index contributed by atoms with van der Waals surface area (Å²) in [5.41, 5.74) is 7.19. The molecule has 4 N–H and O–H groups in total. The van der Waals surface area contributed by atoms with E-state index in [2.05, 4.69) is 22.1 Å². The number of nitrogens with zero attached hydrogens (tertiary/aromatic N) is 3. The number of rotatable bonds is 5. The maximum absolute atomic E-state index is 12.2. The van der Waals surface area contributed by atoms with Gasteiger partial charge in [0.2, 0.25) is 0 Å². The van der Waals surface area contributed by atoms with Crippen molar-refractivity contribution in [3.05, 3.63) is 39.8 Å². The number of hydrogen-bond acceptors (Lipinski definition) is 10. The van der Waals surface area contributed by atoms with Crippen molar-refractivity contribution >= 4 is 46.7 Å². The Bertz CT molecular complexity index is 1110. The maximum Gasteiger partial charge on any atom is 0.356 e. The number of ether oxygens (including phenoxy) is 2. The van der Waals surface area contributed by atoms with Crippen molar-refractivity contribution < 1.29 is 14.3 Å². The van der Waals surface area contributed by atoms with Gasteiger partial charge in [0.1, 0.15) is 11.5 Å². The van der Waals surface area contributed by atoms with Crippen LogP contribution in [0.15, 0.2) is 44.7 Å². The standard InChI is InChI=1S/C24H31ClN6O3S/c1-4-33-23(32)16(26)11-17-21(31-9-6-24(7-10-31)12-14(2)34-13-24)29-15(3)22(30-17)35-18-5-8-28-20(27)19(18)25/h5,8,11,14,26,30H,4,6-7,9-10,12-13H2,1-3H3,(H2,27,28)/b17-11-,26-16?/t14-/m0/s1. The van der Waals surface area contributed by atoms with Gasteiger partial charge in [0.05, 0.1) is 40.8 Å². The number of hydrogen-bond donors (Lipinski definition) is 3. The minimum atomic E-state index is -0.679. The molecule has 11 heteroatoms. The van der Waals surface area contributed by atoms with E-state index in [1.54, 1.807) is 19.2 Å². The van der Waals surface area contributed by atoms with Crippen LogP contribution in [0.2, 0.25) is 5.02 Å². The molecule has 35 heavy (non-hydrogen) atoms. The first kappa shape index (κ1) is 25.5. The van der Waals surface area contributed by atoms with Gasteiger partial charge in [0.15, 0.2) is 5.84 Å². The van der Waals surface area contributed by atoms with Crippen molar-refractivity contribution in [2.45, 2.75) is 51.0 Å². The van der Waals surface area contributed by atoms with Gasteiger partial charge in [-0.1, -0.05) is 23.4 Å². The number of nitrogens with two attached hydrogens (primary N) is 1. The van der Waals surface area contributed by atoms with Crippen LogP contribution in [0.25, 0.3) is 0 Å². The molecule has 2 saturated heterocycles. The Kier molecular flexibility index (Phi) is 7.73. The molecule has 3 aliphatic heterocycles. The summed E-state index contributed by atoms with van der Waals surface area (Å²) in [6.07, 6.45) is 6.48. The Balaban J connectivity index is 1.62. The lowest BCUT2D eigenvalue weighted by Crippen LogP contribution is -2.46. The first-order chi connectivity index (χ1) is 16.7. The Morgan fingerprint density at radius 2 is 2.23 bits per heavy atom. The van der Waals surface area contributed by atoms with Gasteiger partial charge in [-0.3, -0.25) is 5.41 Å². The highest BCUT2D eigenvalue weighted by molar-refractivity contribution is 8.03. The third kappa shape index (κ3) is 5.65. The van der Waals surface area contributed by atoms with Crippen LogP contribution < -0.4 is 11.1 Å². The zero-order chi connectivity index (χ0) is 25.2. The van der Waals surface area contributed by atoms with Crippen LogP contribution in [0.5, 0.6) is 0 Å². The molecule has 1 spiro atoms. The first-order valence-corrected chi connectivity index (χ1v) is 12.9. The van der Waals surface area contributed by atoms with Crippen LogP contribution in [0.3, 0.4) is 0 Å². The van der Waals surface area contributed by atoms with E-state index in [1.165, 1.54) is 17.8 Å². The zero-order valence-electron chi connectivity index (χ0n) is 20.2. The van der Waals surface area contributed by atoms with Gasteiger partial charge in [-0.2, -0.15) is 0 Å². The van der Waals surface area contributed by atoms with E-state index in [4.69, 9.17) is 37.2 Å². The SMILES string of the molecule is CCOC(=O)C(=N)/C=C1\NC(Sc2ccnc(N)c2Cl)=C(C)N=C1N1CCC2(CC1)CO[C@@H](C)C2. The van der Waals surface area contributed by atoms with Crippen molar-refractivity contribution in [1.82, 2.24) is 15.2 Å². The molecule has 0 bridgehead atoms. The highest BCUT2D eigenvalue weighted by Gasteiger charge is 2.42. The molecule has 0 radical (unpaired) electrons. The Morgan fingerprint density at radius 3 is 2.89 bits per heavy atom. The highest BCUT2D eigenvalue weighted by atomic mass is 35.5. The normalized spacial score (nSPS) is 22.9. The molecule has 0 saturated carbocycles. The van der Waals surface area contributed by atoms with Gasteiger partial charge in [-0.25, -0.2) is 14.8 Å². The average Bonchev–Trinajstić information content (AvgIpc) is 3.19. The van der Waals surface area contributed by atoms with Crippen LogP contribution >= 0.6 is 23.4 Å². The van der Waals surface area contributed by atoms with Gasteiger partial charge in [0.25, 0.3) is 0 Å². The number of halogens is 1. The zero-order valence-corrected chi connectivity index (χ0v) is 21.8. The number of carbonyl (C=O) groups excluding carboxylic acids is 1. The molecule has 4 rings (SSSR count). The molecule has 0 amide bonds. The molecule has 1 aromatic rings. The smallest absolute Gasteiger partial charge is 0.356 e. The van der Waals surface area contributed by atoms with Crippen molar-refractivity contribution in [2.75, 3.05) is 32.0 Å². The summed E-state index contributed by atoms with van der Waals surface area (Å²) in [7, 11) is 0. The van der Waals surface area contributed by atoms with Crippen LogP contribution in [0.4, 0.5) is 5.82 Å². The molecule has 188 valence electrons. The number of nitrogens with one attached hydrogen (secondary N) is 2. The van der Waals surface area contributed by atoms with Crippen LogP contribution in [0, 0.1) is 10.8 Å². The number of carbonyl (C=O) groups is 1. The van der Waals surface area contributed by atoms with Crippen LogP contribution in [-0.4, -0.2) is 59.8 Å². The number of esters is 1. The maximum atomic E-state index is 12.2. The van der Waals surface area contributed by atoms with Crippen molar-refractivity contribution in [1.29, 1.82) is 5.41 Å². The molecular formula is C24H31ClN6O3S. The van der Waals surface area contributed by atoms with Crippen molar-refractivity contribution in [3.8, 4) is 0 Å². The fraction of sp³-hybridized carbons (Fsp3) is 0.500. The lowest BCUT2D eigenvalue weighted by Gasteiger charge is -2.41. The third-order valence-electron chi connectivity index (χ3n) is 6.49. The number of aromatic nitrogens is 1. The molecule has 2 fully saturated rings. The lowest BCUT2D eigenvalue weighted by molar-refractivity contribution is -0.135. The van der Waals surface area contributed by atoms with E-state index in [1.807, 2.05) is 6.92 Å². The van der Waals surface area contributed by atoms with E-state index in [0.29, 0.717) is 22.7 Å². The molecule has 4 heterocycles. The number of amidine groups is 1. The number of anilines is 1. The second-order valence-electron chi connectivity index (χ2n) is 9.09. The molecule has 0 aliphatic carbocycles. The number of allylic oxidation sites excluding steroid dienone is 1. The van der Waals surface area contributed by atoms with Crippen molar-refractivity contribution in [2.24, 2.45) is 10.4 Å². The molecule has 0 aromatic carbocycles. The van der Waals surface area contributed by atoms with E-state index >= 15 is 0 Å². The minimum Gasteiger partial charge on any atom is -0.461 e. The summed E-state index contributed by atoms with van der Waals surface area (Å²) in [6, 6.07) is 1.78. The number of pyridine rings is 1. The van der Waals surface area contributed by atoms with E-state index in [9.17, 15) is 4.79 Å².